The van der Waals surface area contributed by atoms with E-state index in [2.05, 4.69) is 0 Å². The average molecular weight is 216 g/mol. The summed E-state index contributed by atoms with van der Waals surface area (Å²) in [6.45, 7) is 0. The molecule has 74 valence electrons. The van der Waals surface area contributed by atoms with Gasteiger partial charge in [-0.05, 0) is 18.1 Å². The van der Waals surface area contributed by atoms with E-state index in [4.69, 9.17) is 16.9 Å². The first-order valence-electron chi connectivity index (χ1n) is 4.07. The molecule has 0 saturated carbocycles. The van der Waals surface area contributed by atoms with Crippen LogP contribution in [0.3, 0.4) is 0 Å². The van der Waals surface area contributed by atoms with Crippen LogP contribution in [0.2, 0.25) is 0 Å². The van der Waals surface area contributed by atoms with Gasteiger partial charge in [0.25, 0.3) is 0 Å². The van der Waals surface area contributed by atoms with Gasteiger partial charge in [-0.25, -0.2) is 8.78 Å². The van der Waals surface area contributed by atoms with Gasteiger partial charge in [0.2, 0.25) is 0 Å². The zero-order valence-electron chi connectivity index (χ0n) is 7.30. The summed E-state index contributed by atoms with van der Waals surface area (Å²) in [5.41, 5.74) is 0.318. The molecule has 0 bridgehead atoms. The lowest BCUT2D eigenvalue weighted by molar-refractivity contribution is 0.564. The van der Waals surface area contributed by atoms with Gasteiger partial charge in [-0.1, -0.05) is 6.07 Å². The summed E-state index contributed by atoms with van der Waals surface area (Å²) in [6.07, 6.45) is 0.214. The maximum Gasteiger partial charge on any atom is 0.129 e. The third-order valence-electron chi connectivity index (χ3n) is 1.85. The van der Waals surface area contributed by atoms with Gasteiger partial charge in [0.05, 0.1) is 12.0 Å². The summed E-state index contributed by atoms with van der Waals surface area (Å²) in [4.78, 5) is 0. The van der Waals surface area contributed by atoms with E-state index in [1.807, 2.05) is 6.07 Å². The number of nitrogens with zero attached hydrogens (tertiary/aromatic N) is 1. The molecule has 1 aromatic carbocycles. The highest BCUT2D eigenvalue weighted by molar-refractivity contribution is 6.18. The van der Waals surface area contributed by atoms with Crippen molar-refractivity contribution in [1.29, 1.82) is 5.26 Å². The van der Waals surface area contributed by atoms with Crippen molar-refractivity contribution < 1.29 is 8.78 Å². The molecular weight excluding hydrogens is 208 g/mol. The average Bonchev–Trinajstić information content (AvgIpc) is 2.17. The number of alkyl halides is 1. The van der Waals surface area contributed by atoms with Crippen LogP contribution in [0.5, 0.6) is 0 Å². The molecule has 0 fully saturated rings. The van der Waals surface area contributed by atoms with E-state index in [0.29, 0.717) is 5.56 Å². The first-order chi connectivity index (χ1) is 6.67. The third kappa shape index (κ3) is 2.68. The number of halogens is 3. The fourth-order valence-electron chi connectivity index (χ4n) is 1.09. The SMILES string of the molecule is N#CC(CCl)Cc1ccc(F)cc1F. The minimum absolute atomic E-state index is 0.146. The Bertz CT molecular complexity index is 360. The first kappa shape index (κ1) is 10.9. The van der Waals surface area contributed by atoms with E-state index in [0.717, 1.165) is 6.07 Å². The van der Waals surface area contributed by atoms with Gasteiger partial charge < -0.3 is 0 Å². The fraction of sp³-hybridized carbons (Fsp3) is 0.300. The zero-order valence-corrected chi connectivity index (χ0v) is 8.06. The lowest BCUT2D eigenvalue weighted by atomic mass is 10.0. The molecule has 0 aliphatic carbocycles. The number of rotatable bonds is 3. The Morgan fingerprint density at radius 1 is 1.43 bits per heavy atom. The maximum atomic E-state index is 13.1. The van der Waals surface area contributed by atoms with Crippen molar-refractivity contribution in [3.63, 3.8) is 0 Å². The predicted octanol–water partition coefficient (Wildman–Crippen LogP) is 2.89. The van der Waals surface area contributed by atoms with Crippen molar-refractivity contribution in [3.8, 4) is 6.07 Å². The predicted molar refractivity (Wildman–Crippen MR) is 49.9 cm³/mol. The van der Waals surface area contributed by atoms with Crippen LogP contribution in [0.4, 0.5) is 8.78 Å². The largest absolute Gasteiger partial charge is 0.207 e. The molecule has 0 aromatic heterocycles. The van der Waals surface area contributed by atoms with Gasteiger partial charge in [-0.3, -0.25) is 0 Å². The second-order valence-corrected chi connectivity index (χ2v) is 3.23. The topological polar surface area (TPSA) is 23.8 Å². The summed E-state index contributed by atoms with van der Waals surface area (Å²) in [5, 5.41) is 8.60. The molecule has 1 rings (SSSR count). The standard InChI is InChI=1S/C10H8ClF2N/c11-5-7(6-14)3-8-1-2-9(12)4-10(8)13/h1-2,4,7H,3,5H2. The van der Waals surface area contributed by atoms with E-state index in [1.165, 1.54) is 12.1 Å². The number of hydrogen-bond acceptors (Lipinski definition) is 1. The summed E-state index contributed by atoms with van der Waals surface area (Å²) in [7, 11) is 0. The van der Waals surface area contributed by atoms with Gasteiger partial charge >= 0.3 is 0 Å². The van der Waals surface area contributed by atoms with Crippen molar-refractivity contribution in [2.24, 2.45) is 5.92 Å². The van der Waals surface area contributed by atoms with Crippen LogP contribution in [-0.4, -0.2) is 5.88 Å². The molecule has 0 radical (unpaired) electrons. The van der Waals surface area contributed by atoms with Crippen molar-refractivity contribution in [2.75, 3.05) is 5.88 Å². The van der Waals surface area contributed by atoms with E-state index in [-0.39, 0.29) is 12.3 Å². The van der Waals surface area contributed by atoms with Crippen LogP contribution < -0.4 is 0 Å². The molecular formula is C10H8ClF2N. The lowest BCUT2D eigenvalue weighted by Gasteiger charge is -2.05. The Hall–Kier alpha value is -1.14. The minimum atomic E-state index is -0.629. The van der Waals surface area contributed by atoms with E-state index in [9.17, 15) is 8.78 Å². The molecule has 1 aromatic rings. The fourth-order valence-corrected chi connectivity index (χ4v) is 1.27. The van der Waals surface area contributed by atoms with Crippen LogP contribution in [0.15, 0.2) is 18.2 Å². The molecule has 0 saturated heterocycles. The van der Waals surface area contributed by atoms with Crippen molar-refractivity contribution in [2.45, 2.75) is 6.42 Å². The van der Waals surface area contributed by atoms with Crippen molar-refractivity contribution in [3.05, 3.63) is 35.4 Å². The van der Waals surface area contributed by atoms with Crippen LogP contribution in [0, 0.1) is 28.9 Å². The lowest BCUT2D eigenvalue weighted by Crippen LogP contribution is -2.05. The first-order valence-corrected chi connectivity index (χ1v) is 4.60. The second-order valence-electron chi connectivity index (χ2n) is 2.92. The van der Waals surface area contributed by atoms with Crippen LogP contribution >= 0.6 is 11.6 Å². The highest BCUT2D eigenvalue weighted by Gasteiger charge is 2.10. The van der Waals surface area contributed by atoms with E-state index in [1.54, 1.807) is 0 Å². The van der Waals surface area contributed by atoms with Gasteiger partial charge in [0.15, 0.2) is 0 Å². The Kier molecular flexibility index (Phi) is 3.84. The van der Waals surface area contributed by atoms with Gasteiger partial charge in [0, 0.05) is 11.9 Å². The van der Waals surface area contributed by atoms with E-state index < -0.39 is 17.6 Å². The molecule has 0 aliphatic heterocycles. The summed E-state index contributed by atoms with van der Waals surface area (Å²) >= 11 is 5.48. The highest BCUT2D eigenvalue weighted by Crippen LogP contribution is 2.14. The molecule has 0 spiro atoms. The molecule has 1 nitrogen and oxygen atoms in total. The molecule has 0 heterocycles. The van der Waals surface area contributed by atoms with Gasteiger partial charge in [-0.2, -0.15) is 5.26 Å². The zero-order chi connectivity index (χ0) is 10.6. The highest BCUT2D eigenvalue weighted by atomic mass is 35.5. The van der Waals surface area contributed by atoms with Gasteiger partial charge in [0.1, 0.15) is 11.6 Å². The summed E-state index contributed by atoms with van der Waals surface area (Å²) in [6, 6.07) is 5.26. The van der Waals surface area contributed by atoms with Crippen molar-refractivity contribution >= 4 is 11.6 Å². The molecule has 14 heavy (non-hydrogen) atoms. The maximum absolute atomic E-state index is 13.1. The quantitative estimate of drug-likeness (QED) is 0.712. The van der Waals surface area contributed by atoms with Crippen LogP contribution in [-0.2, 0) is 6.42 Å². The normalized spacial score (nSPS) is 12.1. The van der Waals surface area contributed by atoms with Crippen LogP contribution in [0.25, 0.3) is 0 Å². The Morgan fingerprint density at radius 2 is 2.14 bits per heavy atom. The van der Waals surface area contributed by atoms with Crippen LogP contribution in [0.1, 0.15) is 5.56 Å². The molecule has 1 unspecified atom stereocenters. The van der Waals surface area contributed by atoms with E-state index >= 15 is 0 Å². The molecule has 0 amide bonds. The molecule has 0 N–H and O–H groups in total. The Labute approximate surface area is 85.9 Å². The van der Waals surface area contributed by atoms with Crippen molar-refractivity contribution in [1.82, 2.24) is 0 Å². The smallest absolute Gasteiger partial charge is 0.129 e. The number of benzene rings is 1. The molecule has 0 aliphatic rings. The second kappa shape index (κ2) is 4.92. The molecule has 4 heteroatoms. The number of nitriles is 1. The van der Waals surface area contributed by atoms with Gasteiger partial charge in [-0.15, -0.1) is 11.6 Å². The molecule has 1 atom stereocenters. The third-order valence-corrected chi connectivity index (χ3v) is 2.22. The summed E-state index contributed by atoms with van der Waals surface area (Å²) < 4.78 is 25.6. The monoisotopic (exact) mass is 215 g/mol. The summed E-state index contributed by atoms with van der Waals surface area (Å²) in [5.74, 6) is -1.54. The Morgan fingerprint density at radius 3 is 2.64 bits per heavy atom. The Balaban J connectivity index is 2.82. The minimum Gasteiger partial charge on any atom is -0.207 e. The number of hydrogen-bond donors (Lipinski definition) is 0.